The van der Waals surface area contributed by atoms with Gasteiger partial charge in [-0.25, -0.2) is 0 Å². The van der Waals surface area contributed by atoms with Crippen LogP contribution in [0.3, 0.4) is 0 Å². The van der Waals surface area contributed by atoms with E-state index in [2.05, 4.69) is 0 Å². The van der Waals surface area contributed by atoms with Crippen molar-refractivity contribution in [3.8, 4) is 5.75 Å². The van der Waals surface area contributed by atoms with Gasteiger partial charge in [0.1, 0.15) is 12.4 Å². The zero-order chi connectivity index (χ0) is 19.1. The second-order valence-electron chi connectivity index (χ2n) is 6.60. The van der Waals surface area contributed by atoms with Crippen molar-refractivity contribution in [2.24, 2.45) is 5.92 Å². The molecular weight excluding hydrogens is 342 g/mol. The molecule has 142 valence electrons. The molecule has 0 bridgehead atoms. The average molecular weight is 367 g/mol. The highest BCUT2D eigenvalue weighted by atomic mass is 16.5. The Hall–Kier alpha value is -2.82. The van der Waals surface area contributed by atoms with E-state index in [1.807, 2.05) is 54.6 Å². The van der Waals surface area contributed by atoms with Crippen LogP contribution in [-0.2, 0) is 16.1 Å². The minimum absolute atomic E-state index is 0.0590. The number of esters is 1. The monoisotopic (exact) mass is 367 g/mol. The maximum Gasteiger partial charge on any atom is 0.310 e. The summed E-state index contributed by atoms with van der Waals surface area (Å²) in [6.45, 7) is 3.55. The quantitative estimate of drug-likeness (QED) is 0.731. The Morgan fingerprint density at radius 3 is 2.59 bits per heavy atom. The molecule has 1 atom stereocenters. The van der Waals surface area contributed by atoms with Gasteiger partial charge in [-0.05, 0) is 38.0 Å². The predicted octanol–water partition coefficient (Wildman–Crippen LogP) is 3.68. The van der Waals surface area contributed by atoms with Crippen LogP contribution in [0.4, 0.5) is 0 Å². The molecule has 0 unspecified atom stereocenters. The van der Waals surface area contributed by atoms with Gasteiger partial charge in [-0.2, -0.15) is 0 Å². The molecule has 0 aromatic heterocycles. The van der Waals surface area contributed by atoms with Crippen molar-refractivity contribution < 1.29 is 19.1 Å². The number of carbonyl (C=O) groups is 2. The van der Waals surface area contributed by atoms with E-state index in [9.17, 15) is 9.59 Å². The second-order valence-corrected chi connectivity index (χ2v) is 6.60. The minimum Gasteiger partial charge on any atom is -0.489 e. The van der Waals surface area contributed by atoms with Gasteiger partial charge in [-0.15, -0.1) is 0 Å². The van der Waals surface area contributed by atoms with Gasteiger partial charge in [0, 0.05) is 24.2 Å². The summed E-state index contributed by atoms with van der Waals surface area (Å²) in [4.78, 5) is 26.9. The molecule has 2 aromatic rings. The number of carbonyl (C=O) groups excluding carboxylic acids is 2. The van der Waals surface area contributed by atoms with Crippen molar-refractivity contribution in [2.75, 3.05) is 19.7 Å². The van der Waals surface area contributed by atoms with Crippen molar-refractivity contribution >= 4 is 11.9 Å². The van der Waals surface area contributed by atoms with Gasteiger partial charge in [0.15, 0.2) is 0 Å². The highest BCUT2D eigenvalue weighted by molar-refractivity contribution is 5.96. The Morgan fingerprint density at radius 2 is 1.81 bits per heavy atom. The number of likely N-dealkylation sites (tertiary alicyclic amines) is 1. The standard InChI is InChI=1S/C22H25NO4/c1-2-26-22(25)17-10-8-14-23(15-17)21(24)20-13-7-6-9-18(20)16-27-19-11-4-3-5-12-19/h3-7,9,11-13,17H,2,8,10,14-16H2,1H3/t17-/m1/s1. The maximum atomic E-state index is 13.1. The SMILES string of the molecule is CCOC(=O)[C@@H]1CCCN(C(=O)c2ccccc2COc2ccccc2)C1. The molecule has 5 heteroatoms. The van der Waals surface area contributed by atoms with E-state index in [4.69, 9.17) is 9.47 Å². The fourth-order valence-corrected chi connectivity index (χ4v) is 3.32. The van der Waals surface area contributed by atoms with Crippen LogP contribution < -0.4 is 4.74 Å². The Balaban J connectivity index is 1.70. The Kier molecular flexibility index (Phi) is 6.47. The number of nitrogens with zero attached hydrogens (tertiary/aromatic N) is 1. The lowest BCUT2D eigenvalue weighted by molar-refractivity contribution is -0.149. The van der Waals surface area contributed by atoms with Gasteiger partial charge in [-0.3, -0.25) is 9.59 Å². The fourth-order valence-electron chi connectivity index (χ4n) is 3.32. The molecule has 0 radical (unpaired) electrons. The molecule has 0 N–H and O–H groups in total. The molecule has 0 spiro atoms. The highest BCUT2D eigenvalue weighted by Crippen LogP contribution is 2.22. The highest BCUT2D eigenvalue weighted by Gasteiger charge is 2.30. The lowest BCUT2D eigenvalue weighted by atomic mass is 9.97. The molecule has 27 heavy (non-hydrogen) atoms. The Labute approximate surface area is 159 Å². The van der Waals surface area contributed by atoms with Crippen LogP contribution in [0.25, 0.3) is 0 Å². The van der Waals surface area contributed by atoms with Gasteiger partial charge in [0.25, 0.3) is 5.91 Å². The smallest absolute Gasteiger partial charge is 0.310 e. The maximum absolute atomic E-state index is 13.1. The Bertz CT molecular complexity index is 775. The van der Waals surface area contributed by atoms with E-state index in [1.54, 1.807) is 11.8 Å². The number of rotatable bonds is 6. The largest absolute Gasteiger partial charge is 0.489 e. The number of hydrogen-bond donors (Lipinski definition) is 0. The molecule has 5 nitrogen and oxygen atoms in total. The van der Waals surface area contributed by atoms with Crippen molar-refractivity contribution in [3.05, 3.63) is 65.7 Å². The van der Waals surface area contributed by atoms with Crippen LogP contribution >= 0.6 is 0 Å². The minimum atomic E-state index is -0.240. The van der Waals surface area contributed by atoms with Crippen LogP contribution in [0.2, 0.25) is 0 Å². The number of para-hydroxylation sites is 1. The van der Waals surface area contributed by atoms with E-state index in [0.717, 1.165) is 24.2 Å². The molecule has 1 saturated heterocycles. The molecule has 1 aliphatic heterocycles. The lowest BCUT2D eigenvalue weighted by Gasteiger charge is -2.32. The first-order valence-electron chi connectivity index (χ1n) is 9.40. The summed E-state index contributed by atoms with van der Waals surface area (Å²) in [7, 11) is 0. The third kappa shape index (κ3) is 4.88. The zero-order valence-electron chi connectivity index (χ0n) is 15.6. The first-order valence-corrected chi connectivity index (χ1v) is 9.40. The number of ether oxygens (including phenoxy) is 2. The summed E-state index contributed by atoms with van der Waals surface area (Å²) in [6.07, 6.45) is 1.57. The van der Waals surface area contributed by atoms with Crippen molar-refractivity contribution in [3.63, 3.8) is 0 Å². The number of amides is 1. The molecular formula is C22H25NO4. The van der Waals surface area contributed by atoms with Crippen LogP contribution in [0.1, 0.15) is 35.7 Å². The van der Waals surface area contributed by atoms with Gasteiger partial charge < -0.3 is 14.4 Å². The second kappa shape index (κ2) is 9.21. The van der Waals surface area contributed by atoms with Gasteiger partial charge in [-0.1, -0.05) is 36.4 Å². The van der Waals surface area contributed by atoms with Crippen molar-refractivity contribution in [1.82, 2.24) is 4.90 Å². The van der Waals surface area contributed by atoms with Crippen molar-refractivity contribution in [1.29, 1.82) is 0 Å². The van der Waals surface area contributed by atoms with E-state index >= 15 is 0 Å². The van der Waals surface area contributed by atoms with Gasteiger partial charge >= 0.3 is 5.97 Å². The van der Waals surface area contributed by atoms with E-state index < -0.39 is 0 Å². The van der Waals surface area contributed by atoms with Crippen LogP contribution in [0, 0.1) is 5.92 Å². The van der Waals surface area contributed by atoms with Crippen LogP contribution in [0.5, 0.6) is 5.75 Å². The molecule has 0 aliphatic carbocycles. The molecule has 1 aliphatic rings. The topological polar surface area (TPSA) is 55.8 Å². The van der Waals surface area contributed by atoms with Gasteiger partial charge in [0.05, 0.1) is 12.5 Å². The number of benzene rings is 2. The number of piperidine rings is 1. The zero-order valence-corrected chi connectivity index (χ0v) is 15.6. The summed E-state index contributed by atoms with van der Waals surface area (Å²) in [5.41, 5.74) is 1.46. The first-order chi connectivity index (χ1) is 13.2. The molecule has 3 rings (SSSR count). The van der Waals surface area contributed by atoms with Gasteiger partial charge in [0.2, 0.25) is 0 Å². The van der Waals surface area contributed by atoms with E-state index in [-0.39, 0.29) is 17.8 Å². The fraction of sp³-hybridized carbons (Fsp3) is 0.364. The summed E-state index contributed by atoms with van der Waals surface area (Å²) in [5.74, 6) is 0.252. The third-order valence-electron chi connectivity index (χ3n) is 4.71. The third-order valence-corrected chi connectivity index (χ3v) is 4.71. The molecule has 1 heterocycles. The molecule has 2 aromatic carbocycles. The first kappa shape index (κ1) is 19.0. The van der Waals surface area contributed by atoms with E-state index in [1.165, 1.54) is 0 Å². The lowest BCUT2D eigenvalue weighted by Crippen LogP contribution is -2.43. The van der Waals surface area contributed by atoms with Crippen molar-refractivity contribution in [2.45, 2.75) is 26.4 Å². The van der Waals surface area contributed by atoms with Crippen LogP contribution in [-0.4, -0.2) is 36.5 Å². The Morgan fingerprint density at radius 1 is 1.07 bits per heavy atom. The molecule has 1 fully saturated rings. The normalized spacial score (nSPS) is 16.6. The summed E-state index contributed by atoms with van der Waals surface area (Å²) in [6, 6.07) is 17.0. The van der Waals surface area contributed by atoms with E-state index in [0.29, 0.717) is 31.9 Å². The average Bonchev–Trinajstić information content (AvgIpc) is 2.73. The summed E-state index contributed by atoms with van der Waals surface area (Å²) in [5, 5.41) is 0. The molecule has 1 amide bonds. The predicted molar refractivity (Wildman–Crippen MR) is 102 cm³/mol. The summed E-state index contributed by atoms with van der Waals surface area (Å²) < 4.78 is 10.9. The number of hydrogen-bond acceptors (Lipinski definition) is 4. The summed E-state index contributed by atoms with van der Waals surface area (Å²) >= 11 is 0. The molecule has 0 saturated carbocycles. The van der Waals surface area contributed by atoms with Crippen LogP contribution in [0.15, 0.2) is 54.6 Å².